The highest BCUT2D eigenvalue weighted by Crippen LogP contribution is 2.11. The fourth-order valence-corrected chi connectivity index (χ4v) is 2.13. The second-order valence-electron chi connectivity index (χ2n) is 4.87. The normalized spacial score (nSPS) is 18.6. The highest BCUT2D eigenvalue weighted by Gasteiger charge is 2.19. The first kappa shape index (κ1) is 15.1. The van der Waals surface area contributed by atoms with Crippen LogP contribution in [0.2, 0.25) is 0 Å². The van der Waals surface area contributed by atoms with Crippen molar-refractivity contribution in [2.45, 2.75) is 18.9 Å². The number of rotatable bonds is 7. The summed E-state index contributed by atoms with van der Waals surface area (Å²) in [6, 6.07) is 7.23. The zero-order valence-electron chi connectivity index (χ0n) is 11.7. The van der Waals surface area contributed by atoms with Crippen molar-refractivity contribution in [2.24, 2.45) is 10.9 Å². The zero-order valence-corrected chi connectivity index (χ0v) is 11.7. The molecule has 2 rings (SSSR count). The summed E-state index contributed by atoms with van der Waals surface area (Å²) >= 11 is 0. The van der Waals surface area contributed by atoms with Crippen LogP contribution in [0.1, 0.15) is 18.4 Å². The Bertz CT molecular complexity index is 501. The molecule has 0 bridgehead atoms. The second-order valence-corrected chi connectivity index (χ2v) is 4.87. The number of benzene rings is 1. The Labute approximate surface area is 123 Å². The minimum Gasteiger partial charge on any atom is -0.492 e. The highest BCUT2D eigenvalue weighted by atomic mass is 16.5. The number of amides is 1. The average Bonchev–Trinajstić information content (AvgIpc) is 2.92. The van der Waals surface area contributed by atoms with Crippen LogP contribution in [0.15, 0.2) is 29.4 Å². The van der Waals surface area contributed by atoms with Crippen molar-refractivity contribution in [1.82, 2.24) is 10.6 Å². The lowest BCUT2D eigenvalue weighted by Gasteiger charge is -2.12. The van der Waals surface area contributed by atoms with Gasteiger partial charge in [-0.3, -0.25) is 4.79 Å². The van der Waals surface area contributed by atoms with Crippen molar-refractivity contribution in [2.75, 3.05) is 19.7 Å². The van der Waals surface area contributed by atoms with Crippen LogP contribution in [-0.2, 0) is 4.79 Å². The van der Waals surface area contributed by atoms with Gasteiger partial charge in [0.25, 0.3) is 0 Å². The lowest BCUT2D eigenvalue weighted by Crippen LogP contribution is -2.37. The number of ether oxygens (including phenoxy) is 1. The van der Waals surface area contributed by atoms with Crippen LogP contribution in [0.5, 0.6) is 5.75 Å². The molecule has 7 heteroatoms. The standard InChI is InChI=1S/C14H20N4O3/c15-14(18-20)10-1-4-12(5-2-10)21-8-7-16-9-11-3-6-13(19)17-11/h1-2,4-5,11,16,20H,3,6-9H2,(H2,15,18)(H,17,19). The summed E-state index contributed by atoms with van der Waals surface area (Å²) in [7, 11) is 0. The maximum absolute atomic E-state index is 11.0. The molecule has 0 aromatic heterocycles. The lowest BCUT2D eigenvalue weighted by atomic mass is 10.2. The Morgan fingerprint density at radius 2 is 2.24 bits per heavy atom. The molecule has 0 spiro atoms. The molecule has 5 N–H and O–H groups in total. The first-order valence-electron chi connectivity index (χ1n) is 6.90. The van der Waals surface area contributed by atoms with E-state index in [1.165, 1.54) is 0 Å². The molecular formula is C14H20N4O3. The van der Waals surface area contributed by atoms with E-state index >= 15 is 0 Å². The van der Waals surface area contributed by atoms with Crippen LogP contribution in [0.3, 0.4) is 0 Å². The van der Waals surface area contributed by atoms with Crippen molar-refractivity contribution >= 4 is 11.7 Å². The van der Waals surface area contributed by atoms with E-state index in [4.69, 9.17) is 15.7 Å². The number of amidine groups is 1. The molecule has 0 aliphatic carbocycles. The fraction of sp³-hybridized carbons (Fsp3) is 0.429. The number of hydrogen-bond acceptors (Lipinski definition) is 5. The first-order chi connectivity index (χ1) is 10.2. The van der Waals surface area contributed by atoms with Gasteiger partial charge in [-0.15, -0.1) is 0 Å². The second kappa shape index (κ2) is 7.49. The molecule has 21 heavy (non-hydrogen) atoms. The van der Waals surface area contributed by atoms with Crippen LogP contribution in [-0.4, -0.2) is 42.7 Å². The summed E-state index contributed by atoms with van der Waals surface area (Å²) in [5.74, 6) is 0.922. The van der Waals surface area contributed by atoms with Crippen molar-refractivity contribution in [1.29, 1.82) is 0 Å². The van der Waals surface area contributed by atoms with E-state index in [2.05, 4.69) is 15.8 Å². The number of oxime groups is 1. The molecule has 1 aliphatic rings. The van der Waals surface area contributed by atoms with Crippen LogP contribution in [0.4, 0.5) is 0 Å². The minimum atomic E-state index is 0.0711. The minimum absolute atomic E-state index is 0.0711. The van der Waals surface area contributed by atoms with Crippen molar-refractivity contribution in [3.63, 3.8) is 0 Å². The van der Waals surface area contributed by atoms with Gasteiger partial charge in [0.15, 0.2) is 5.84 Å². The molecule has 1 aromatic rings. The van der Waals surface area contributed by atoms with Gasteiger partial charge in [-0.1, -0.05) is 5.16 Å². The largest absolute Gasteiger partial charge is 0.492 e. The molecule has 0 radical (unpaired) electrons. The lowest BCUT2D eigenvalue weighted by molar-refractivity contribution is -0.119. The van der Waals surface area contributed by atoms with Crippen LogP contribution in [0, 0.1) is 0 Å². The van der Waals surface area contributed by atoms with Gasteiger partial charge in [-0.05, 0) is 30.7 Å². The topological polar surface area (TPSA) is 109 Å². The molecule has 1 saturated heterocycles. The van der Waals surface area contributed by atoms with E-state index < -0.39 is 0 Å². The van der Waals surface area contributed by atoms with Gasteiger partial charge < -0.3 is 26.3 Å². The number of hydrogen-bond donors (Lipinski definition) is 4. The summed E-state index contributed by atoms with van der Waals surface area (Å²) in [4.78, 5) is 11.0. The number of nitrogens with two attached hydrogens (primary N) is 1. The third-order valence-corrected chi connectivity index (χ3v) is 3.28. The maximum atomic E-state index is 11.0. The van der Waals surface area contributed by atoms with Gasteiger partial charge in [0.2, 0.25) is 5.91 Å². The molecule has 1 amide bonds. The Kier molecular flexibility index (Phi) is 5.39. The van der Waals surface area contributed by atoms with Gasteiger partial charge in [0.05, 0.1) is 0 Å². The Morgan fingerprint density at radius 1 is 1.48 bits per heavy atom. The monoisotopic (exact) mass is 292 g/mol. The quantitative estimate of drug-likeness (QED) is 0.186. The molecule has 7 nitrogen and oxygen atoms in total. The van der Waals surface area contributed by atoms with E-state index in [0.29, 0.717) is 25.1 Å². The van der Waals surface area contributed by atoms with E-state index in [1.54, 1.807) is 24.3 Å². The van der Waals surface area contributed by atoms with Crippen molar-refractivity contribution in [3.05, 3.63) is 29.8 Å². The van der Waals surface area contributed by atoms with E-state index in [-0.39, 0.29) is 17.8 Å². The Morgan fingerprint density at radius 3 is 2.86 bits per heavy atom. The number of carbonyl (C=O) groups is 1. The summed E-state index contributed by atoms with van der Waals surface area (Å²) < 4.78 is 5.57. The highest BCUT2D eigenvalue weighted by molar-refractivity contribution is 5.97. The van der Waals surface area contributed by atoms with Crippen LogP contribution in [0.25, 0.3) is 0 Å². The van der Waals surface area contributed by atoms with Gasteiger partial charge in [-0.25, -0.2) is 0 Å². The molecular weight excluding hydrogens is 272 g/mol. The zero-order chi connectivity index (χ0) is 15.1. The third kappa shape index (κ3) is 4.64. The van der Waals surface area contributed by atoms with Gasteiger partial charge in [-0.2, -0.15) is 0 Å². The predicted octanol–water partition coefficient (Wildman–Crippen LogP) is 0.0281. The van der Waals surface area contributed by atoms with Crippen LogP contribution >= 0.6 is 0 Å². The summed E-state index contributed by atoms with van der Waals surface area (Å²) in [5, 5.41) is 17.6. The van der Waals surface area contributed by atoms with E-state index in [9.17, 15) is 4.79 Å². The molecule has 1 aromatic carbocycles. The van der Waals surface area contributed by atoms with Crippen molar-refractivity contribution in [3.8, 4) is 5.75 Å². The van der Waals surface area contributed by atoms with Gasteiger partial charge in [0.1, 0.15) is 12.4 Å². The molecule has 1 aliphatic heterocycles. The van der Waals surface area contributed by atoms with Crippen LogP contribution < -0.4 is 21.1 Å². The average molecular weight is 292 g/mol. The molecule has 1 heterocycles. The van der Waals surface area contributed by atoms with E-state index in [1.807, 2.05) is 0 Å². The summed E-state index contributed by atoms with van der Waals surface area (Å²) in [5.41, 5.74) is 6.11. The Hall–Kier alpha value is -2.28. The molecule has 1 atom stereocenters. The number of carbonyl (C=O) groups excluding carboxylic acids is 1. The first-order valence-corrected chi connectivity index (χ1v) is 6.90. The fourth-order valence-electron chi connectivity index (χ4n) is 2.13. The van der Waals surface area contributed by atoms with Gasteiger partial charge in [0, 0.05) is 31.1 Å². The predicted molar refractivity (Wildman–Crippen MR) is 78.5 cm³/mol. The SMILES string of the molecule is NC(=NO)c1ccc(OCCNCC2CCC(=O)N2)cc1. The molecule has 114 valence electrons. The number of nitrogens with one attached hydrogen (secondary N) is 2. The third-order valence-electron chi connectivity index (χ3n) is 3.28. The van der Waals surface area contributed by atoms with Gasteiger partial charge >= 0.3 is 0 Å². The molecule has 1 fully saturated rings. The molecule has 0 saturated carbocycles. The maximum Gasteiger partial charge on any atom is 0.220 e. The smallest absolute Gasteiger partial charge is 0.220 e. The van der Waals surface area contributed by atoms with E-state index in [0.717, 1.165) is 18.7 Å². The number of nitrogens with zero attached hydrogens (tertiary/aromatic N) is 1. The summed E-state index contributed by atoms with van der Waals surface area (Å²) in [6.07, 6.45) is 1.51. The summed E-state index contributed by atoms with van der Waals surface area (Å²) in [6.45, 7) is 2.00. The van der Waals surface area contributed by atoms with Crippen molar-refractivity contribution < 1.29 is 14.7 Å². The Balaban J connectivity index is 1.63. The molecule has 1 unspecified atom stereocenters.